The molecule has 0 saturated carbocycles. The summed E-state index contributed by atoms with van der Waals surface area (Å²) in [5.74, 6) is 0.0198. The lowest BCUT2D eigenvalue weighted by Crippen LogP contribution is -1.78. The Labute approximate surface area is 82.6 Å². The van der Waals surface area contributed by atoms with Crippen LogP contribution in [0.25, 0.3) is 11.1 Å². The summed E-state index contributed by atoms with van der Waals surface area (Å²) in [6.45, 7) is 0. The van der Waals surface area contributed by atoms with E-state index in [9.17, 15) is 5.11 Å². The van der Waals surface area contributed by atoms with E-state index in [1.807, 2.05) is 36.4 Å². The van der Waals surface area contributed by atoms with Gasteiger partial charge in [-0.05, 0) is 23.3 Å². The van der Waals surface area contributed by atoms with E-state index in [0.717, 1.165) is 11.1 Å². The van der Waals surface area contributed by atoms with Crippen molar-refractivity contribution >= 4 is 5.69 Å². The SMILES string of the molecule is [NH]c1ccc(-c2ccccc2)cc1O. The lowest BCUT2D eigenvalue weighted by molar-refractivity contribution is 0.476. The number of benzene rings is 2. The van der Waals surface area contributed by atoms with Crippen LogP contribution in [-0.2, 0) is 0 Å². The summed E-state index contributed by atoms with van der Waals surface area (Å²) in [6.07, 6.45) is 0. The average Bonchev–Trinajstić information content (AvgIpc) is 2.23. The molecule has 2 heteroatoms. The molecule has 0 aliphatic heterocycles. The van der Waals surface area contributed by atoms with Crippen LogP contribution in [0, 0.1) is 0 Å². The van der Waals surface area contributed by atoms with Crippen molar-refractivity contribution in [2.45, 2.75) is 0 Å². The molecule has 2 rings (SSSR count). The monoisotopic (exact) mass is 184 g/mol. The zero-order valence-corrected chi connectivity index (χ0v) is 7.57. The molecule has 14 heavy (non-hydrogen) atoms. The van der Waals surface area contributed by atoms with Crippen LogP contribution >= 0.6 is 0 Å². The van der Waals surface area contributed by atoms with E-state index >= 15 is 0 Å². The zero-order valence-electron chi connectivity index (χ0n) is 7.57. The highest BCUT2D eigenvalue weighted by Crippen LogP contribution is 2.28. The minimum atomic E-state index is 0.0198. The number of phenolic OH excluding ortho intramolecular Hbond substituents is 1. The molecule has 0 spiro atoms. The number of hydrogen-bond donors (Lipinski definition) is 1. The summed E-state index contributed by atoms with van der Waals surface area (Å²) in [5.41, 5.74) is 9.46. The van der Waals surface area contributed by atoms with Crippen molar-refractivity contribution in [3.05, 3.63) is 48.5 Å². The van der Waals surface area contributed by atoms with Crippen molar-refractivity contribution in [2.75, 3.05) is 0 Å². The lowest BCUT2D eigenvalue weighted by atomic mass is 10.1. The predicted octanol–water partition coefficient (Wildman–Crippen LogP) is 2.97. The van der Waals surface area contributed by atoms with E-state index in [0.29, 0.717) is 0 Å². The first-order chi connectivity index (χ1) is 6.77. The molecule has 0 saturated heterocycles. The molecule has 1 radical (unpaired) electrons. The molecule has 2 aromatic rings. The fourth-order valence-corrected chi connectivity index (χ4v) is 1.34. The first-order valence-electron chi connectivity index (χ1n) is 4.37. The number of rotatable bonds is 1. The Kier molecular flexibility index (Phi) is 2.11. The first kappa shape index (κ1) is 8.63. The average molecular weight is 184 g/mol. The number of aromatic hydroxyl groups is 1. The smallest absolute Gasteiger partial charge is 0.141 e. The summed E-state index contributed by atoms with van der Waals surface area (Å²) in [4.78, 5) is 0. The van der Waals surface area contributed by atoms with Gasteiger partial charge < -0.3 is 5.11 Å². The minimum absolute atomic E-state index is 0.0198. The second kappa shape index (κ2) is 3.42. The molecule has 2 aromatic carbocycles. The van der Waals surface area contributed by atoms with Gasteiger partial charge in [0.1, 0.15) is 5.75 Å². The van der Waals surface area contributed by atoms with E-state index in [4.69, 9.17) is 5.73 Å². The van der Waals surface area contributed by atoms with Gasteiger partial charge in [-0.15, -0.1) is 0 Å². The Morgan fingerprint density at radius 3 is 2.21 bits per heavy atom. The molecular formula is C12H10NO. The Hall–Kier alpha value is -1.96. The standard InChI is InChI=1S/C12H10NO/c13-11-7-6-10(8-12(11)14)9-4-2-1-3-5-9/h1-8,13-14H. The van der Waals surface area contributed by atoms with Gasteiger partial charge >= 0.3 is 0 Å². The fourth-order valence-electron chi connectivity index (χ4n) is 1.34. The van der Waals surface area contributed by atoms with E-state index in [1.165, 1.54) is 0 Å². The normalized spacial score (nSPS) is 10.0. The molecule has 0 aliphatic carbocycles. The van der Waals surface area contributed by atoms with Crippen LogP contribution in [0.4, 0.5) is 5.69 Å². The fraction of sp³-hybridized carbons (Fsp3) is 0. The Morgan fingerprint density at radius 2 is 1.57 bits per heavy atom. The maximum atomic E-state index is 9.37. The lowest BCUT2D eigenvalue weighted by Gasteiger charge is -2.03. The predicted molar refractivity (Wildman–Crippen MR) is 56.3 cm³/mol. The molecule has 0 atom stereocenters. The summed E-state index contributed by atoms with van der Waals surface area (Å²) in [6, 6.07) is 14.8. The molecular weight excluding hydrogens is 174 g/mol. The third-order valence-electron chi connectivity index (χ3n) is 2.10. The molecule has 0 fully saturated rings. The van der Waals surface area contributed by atoms with Crippen molar-refractivity contribution < 1.29 is 5.11 Å². The van der Waals surface area contributed by atoms with E-state index in [2.05, 4.69) is 0 Å². The van der Waals surface area contributed by atoms with Gasteiger partial charge in [-0.25, -0.2) is 0 Å². The summed E-state index contributed by atoms with van der Waals surface area (Å²) in [5, 5.41) is 9.37. The summed E-state index contributed by atoms with van der Waals surface area (Å²) < 4.78 is 0. The first-order valence-corrected chi connectivity index (χ1v) is 4.37. The third kappa shape index (κ3) is 1.55. The molecule has 0 heterocycles. The van der Waals surface area contributed by atoms with Gasteiger partial charge in [-0.3, -0.25) is 5.73 Å². The quantitative estimate of drug-likeness (QED) is 0.680. The van der Waals surface area contributed by atoms with E-state index < -0.39 is 0 Å². The van der Waals surface area contributed by atoms with Gasteiger partial charge in [0.2, 0.25) is 0 Å². The summed E-state index contributed by atoms with van der Waals surface area (Å²) >= 11 is 0. The highest BCUT2D eigenvalue weighted by molar-refractivity contribution is 5.68. The van der Waals surface area contributed by atoms with Crippen molar-refractivity contribution in [2.24, 2.45) is 0 Å². The number of phenols is 1. The highest BCUT2D eigenvalue weighted by atomic mass is 16.3. The van der Waals surface area contributed by atoms with Crippen LogP contribution in [0.5, 0.6) is 5.75 Å². The van der Waals surface area contributed by atoms with E-state index in [-0.39, 0.29) is 11.4 Å². The van der Waals surface area contributed by atoms with Crippen molar-refractivity contribution in [3.8, 4) is 16.9 Å². The number of hydrogen-bond acceptors (Lipinski definition) is 1. The Bertz CT molecular complexity index is 437. The molecule has 69 valence electrons. The van der Waals surface area contributed by atoms with Crippen molar-refractivity contribution in [3.63, 3.8) is 0 Å². The van der Waals surface area contributed by atoms with Gasteiger partial charge in [0.15, 0.2) is 0 Å². The topological polar surface area (TPSA) is 44.0 Å². The van der Waals surface area contributed by atoms with Gasteiger partial charge in [-0.2, -0.15) is 0 Å². The second-order valence-corrected chi connectivity index (χ2v) is 3.10. The molecule has 0 unspecified atom stereocenters. The van der Waals surface area contributed by atoms with Gasteiger partial charge in [0.05, 0.1) is 5.69 Å². The van der Waals surface area contributed by atoms with Gasteiger partial charge in [0, 0.05) is 0 Å². The molecule has 0 aliphatic rings. The molecule has 0 amide bonds. The largest absolute Gasteiger partial charge is 0.506 e. The van der Waals surface area contributed by atoms with Gasteiger partial charge in [-0.1, -0.05) is 36.4 Å². The molecule has 2 N–H and O–H groups in total. The van der Waals surface area contributed by atoms with Crippen molar-refractivity contribution in [1.29, 1.82) is 0 Å². The van der Waals surface area contributed by atoms with Gasteiger partial charge in [0.25, 0.3) is 0 Å². The second-order valence-electron chi connectivity index (χ2n) is 3.10. The third-order valence-corrected chi connectivity index (χ3v) is 2.10. The van der Waals surface area contributed by atoms with Crippen LogP contribution in [-0.4, -0.2) is 5.11 Å². The Morgan fingerprint density at radius 1 is 0.857 bits per heavy atom. The van der Waals surface area contributed by atoms with Crippen LogP contribution in [0.3, 0.4) is 0 Å². The summed E-state index contributed by atoms with van der Waals surface area (Å²) in [7, 11) is 0. The maximum absolute atomic E-state index is 9.37. The van der Waals surface area contributed by atoms with Crippen LogP contribution in [0.2, 0.25) is 0 Å². The van der Waals surface area contributed by atoms with Crippen LogP contribution in [0.1, 0.15) is 0 Å². The molecule has 0 aromatic heterocycles. The van der Waals surface area contributed by atoms with E-state index in [1.54, 1.807) is 12.1 Å². The van der Waals surface area contributed by atoms with Crippen LogP contribution < -0.4 is 5.73 Å². The van der Waals surface area contributed by atoms with Crippen molar-refractivity contribution in [1.82, 2.24) is 5.73 Å². The number of nitrogens with one attached hydrogen (secondary N) is 1. The minimum Gasteiger partial charge on any atom is -0.506 e. The highest BCUT2D eigenvalue weighted by Gasteiger charge is 2.00. The maximum Gasteiger partial charge on any atom is 0.141 e. The molecule has 0 bridgehead atoms. The molecule has 2 nitrogen and oxygen atoms in total. The van der Waals surface area contributed by atoms with Crippen LogP contribution in [0.15, 0.2) is 48.5 Å². The zero-order chi connectivity index (χ0) is 9.97. The Balaban J connectivity index is 2.48.